The van der Waals surface area contributed by atoms with Crippen molar-refractivity contribution in [1.29, 1.82) is 0 Å². The van der Waals surface area contributed by atoms with Crippen LogP contribution in [0.1, 0.15) is 24.8 Å². The molecule has 29 heavy (non-hydrogen) atoms. The summed E-state index contributed by atoms with van der Waals surface area (Å²) in [5.41, 5.74) is 2.27. The molecule has 2 aromatic rings. The Morgan fingerprint density at radius 1 is 1.07 bits per heavy atom. The number of nitrogens with one attached hydrogen (secondary N) is 1. The summed E-state index contributed by atoms with van der Waals surface area (Å²) in [5.74, 6) is 0.418. The monoisotopic (exact) mass is 395 g/mol. The lowest BCUT2D eigenvalue weighted by Gasteiger charge is -2.24. The average Bonchev–Trinajstić information content (AvgIpc) is 3.37. The van der Waals surface area contributed by atoms with Gasteiger partial charge in [0.1, 0.15) is 5.82 Å². The molecular weight excluding hydrogens is 365 g/mol. The van der Waals surface area contributed by atoms with Gasteiger partial charge in [-0.3, -0.25) is 9.69 Å². The van der Waals surface area contributed by atoms with Gasteiger partial charge in [0.15, 0.2) is 0 Å². The molecule has 0 aliphatic carbocycles. The molecule has 154 valence electrons. The van der Waals surface area contributed by atoms with Gasteiger partial charge in [-0.05, 0) is 68.0 Å². The Morgan fingerprint density at radius 2 is 1.93 bits per heavy atom. The molecule has 1 amide bonds. The molecule has 4 rings (SSSR count). The lowest BCUT2D eigenvalue weighted by Crippen LogP contribution is -2.42. The van der Waals surface area contributed by atoms with Gasteiger partial charge < -0.3 is 10.2 Å². The first-order valence-electron chi connectivity index (χ1n) is 10.7. The highest BCUT2D eigenvalue weighted by Gasteiger charge is 2.27. The molecule has 2 heterocycles. The van der Waals surface area contributed by atoms with E-state index in [4.69, 9.17) is 0 Å². The van der Waals surface area contributed by atoms with Crippen molar-refractivity contribution < 1.29 is 9.18 Å². The first-order valence-corrected chi connectivity index (χ1v) is 10.7. The molecule has 2 atom stereocenters. The number of hydrogen-bond acceptors (Lipinski definition) is 3. The molecule has 0 radical (unpaired) electrons. The van der Waals surface area contributed by atoms with Gasteiger partial charge in [-0.1, -0.05) is 30.3 Å². The van der Waals surface area contributed by atoms with E-state index < -0.39 is 0 Å². The summed E-state index contributed by atoms with van der Waals surface area (Å²) in [6, 6.07) is 17.6. The van der Waals surface area contributed by atoms with Crippen LogP contribution >= 0.6 is 0 Å². The van der Waals surface area contributed by atoms with E-state index in [1.165, 1.54) is 11.8 Å². The van der Waals surface area contributed by atoms with Gasteiger partial charge >= 0.3 is 0 Å². The molecule has 2 aliphatic rings. The van der Waals surface area contributed by atoms with Gasteiger partial charge in [0.2, 0.25) is 5.91 Å². The Morgan fingerprint density at radius 3 is 2.76 bits per heavy atom. The minimum Gasteiger partial charge on any atom is -0.371 e. The van der Waals surface area contributed by atoms with Crippen LogP contribution in [0, 0.1) is 11.7 Å². The molecule has 0 aromatic heterocycles. The van der Waals surface area contributed by atoms with E-state index in [0.29, 0.717) is 18.5 Å². The number of amides is 1. The van der Waals surface area contributed by atoms with Crippen molar-refractivity contribution in [3.63, 3.8) is 0 Å². The van der Waals surface area contributed by atoms with Gasteiger partial charge in [0.05, 0.1) is 6.54 Å². The fourth-order valence-corrected chi connectivity index (χ4v) is 4.64. The van der Waals surface area contributed by atoms with Gasteiger partial charge in [-0.2, -0.15) is 0 Å². The number of rotatable bonds is 7. The van der Waals surface area contributed by atoms with E-state index in [1.54, 1.807) is 12.1 Å². The number of halogens is 1. The zero-order valence-electron chi connectivity index (χ0n) is 16.9. The van der Waals surface area contributed by atoms with Crippen molar-refractivity contribution in [3.05, 3.63) is 66.0 Å². The summed E-state index contributed by atoms with van der Waals surface area (Å²) in [6.07, 6.45) is 4.08. The quantitative estimate of drug-likeness (QED) is 0.780. The maximum Gasteiger partial charge on any atom is 0.234 e. The highest BCUT2D eigenvalue weighted by Crippen LogP contribution is 2.23. The maximum atomic E-state index is 13.5. The van der Waals surface area contributed by atoms with Gasteiger partial charge in [-0.15, -0.1) is 0 Å². The van der Waals surface area contributed by atoms with Crippen LogP contribution in [0.5, 0.6) is 0 Å². The lowest BCUT2D eigenvalue weighted by atomic mass is 10.0. The highest BCUT2D eigenvalue weighted by molar-refractivity contribution is 5.78. The topological polar surface area (TPSA) is 35.6 Å². The Balaban J connectivity index is 1.22. The van der Waals surface area contributed by atoms with E-state index in [9.17, 15) is 9.18 Å². The summed E-state index contributed by atoms with van der Waals surface area (Å²) in [5, 5.41) is 3.15. The molecule has 2 unspecified atom stereocenters. The Kier molecular flexibility index (Phi) is 6.45. The Bertz CT molecular complexity index is 813. The molecule has 0 spiro atoms. The third-order valence-electron chi connectivity index (χ3n) is 6.20. The Hall–Kier alpha value is -2.40. The molecule has 2 fully saturated rings. The van der Waals surface area contributed by atoms with Gasteiger partial charge in [0.25, 0.3) is 0 Å². The van der Waals surface area contributed by atoms with Crippen molar-refractivity contribution in [2.24, 2.45) is 5.92 Å². The average molecular weight is 396 g/mol. The summed E-state index contributed by atoms with van der Waals surface area (Å²) in [6.45, 7) is 4.17. The molecule has 5 heteroatoms. The third kappa shape index (κ3) is 5.36. The van der Waals surface area contributed by atoms with Crippen LogP contribution in [0.25, 0.3) is 0 Å². The predicted octanol–water partition coefficient (Wildman–Crippen LogP) is 3.48. The first kappa shape index (κ1) is 19.9. The van der Waals surface area contributed by atoms with E-state index in [0.717, 1.165) is 57.4 Å². The zero-order valence-corrected chi connectivity index (χ0v) is 16.9. The fourth-order valence-electron chi connectivity index (χ4n) is 4.64. The summed E-state index contributed by atoms with van der Waals surface area (Å²) in [4.78, 5) is 17.2. The molecule has 4 nitrogen and oxygen atoms in total. The van der Waals surface area contributed by atoms with E-state index in [1.807, 2.05) is 12.1 Å². The number of para-hydroxylation sites is 1. The number of carbonyl (C=O) groups excluding carboxylic acids is 1. The van der Waals surface area contributed by atoms with Gasteiger partial charge in [-0.25, -0.2) is 4.39 Å². The smallest absolute Gasteiger partial charge is 0.234 e. The predicted molar refractivity (Wildman–Crippen MR) is 114 cm³/mol. The largest absolute Gasteiger partial charge is 0.371 e. The van der Waals surface area contributed by atoms with Crippen molar-refractivity contribution >= 4 is 11.6 Å². The van der Waals surface area contributed by atoms with E-state index in [2.05, 4.69) is 39.4 Å². The summed E-state index contributed by atoms with van der Waals surface area (Å²) in [7, 11) is 0. The van der Waals surface area contributed by atoms with Gasteiger partial charge in [0, 0.05) is 31.4 Å². The van der Waals surface area contributed by atoms with E-state index >= 15 is 0 Å². The highest BCUT2D eigenvalue weighted by atomic mass is 19.1. The minimum atomic E-state index is -0.189. The molecule has 0 saturated carbocycles. The number of hydrogen-bond donors (Lipinski definition) is 1. The molecular formula is C24H30FN3O. The zero-order chi connectivity index (χ0) is 20.1. The van der Waals surface area contributed by atoms with Crippen LogP contribution in [-0.2, 0) is 11.2 Å². The van der Waals surface area contributed by atoms with Crippen molar-refractivity contribution in [3.8, 4) is 0 Å². The number of anilines is 1. The Labute approximate surface area is 172 Å². The molecule has 2 aliphatic heterocycles. The molecule has 1 N–H and O–H groups in total. The van der Waals surface area contributed by atoms with E-state index in [-0.39, 0.29) is 11.7 Å². The summed E-state index contributed by atoms with van der Waals surface area (Å²) >= 11 is 0. The number of likely N-dealkylation sites (tertiary alicyclic amines) is 1. The fraction of sp³-hybridized carbons (Fsp3) is 0.458. The van der Waals surface area contributed by atoms with Crippen LogP contribution < -0.4 is 10.2 Å². The number of carbonyl (C=O) groups is 1. The SMILES string of the molecule is O=C(CN1CCCC1Cc1cccc(F)c1)NCC1CCN(c2ccccc2)C1. The standard InChI is InChI=1S/C24H30FN3O/c25-21-7-4-6-19(14-21)15-23-10-5-12-27(23)18-24(29)26-16-20-11-13-28(17-20)22-8-2-1-3-9-22/h1-4,6-9,14,20,23H,5,10-13,15-18H2,(H,26,29). The third-order valence-corrected chi connectivity index (χ3v) is 6.20. The van der Waals surface area contributed by atoms with Crippen LogP contribution in [0.4, 0.5) is 10.1 Å². The van der Waals surface area contributed by atoms with Crippen molar-refractivity contribution in [2.75, 3.05) is 37.6 Å². The lowest BCUT2D eigenvalue weighted by molar-refractivity contribution is -0.122. The number of benzene rings is 2. The maximum absolute atomic E-state index is 13.5. The normalized spacial score (nSPS) is 22.2. The second kappa shape index (κ2) is 9.40. The van der Waals surface area contributed by atoms with Crippen LogP contribution in [0.15, 0.2) is 54.6 Å². The second-order valence-corrected chi connectivity index (χ2v) is 8.34. The molecule has 0 bridgehead atoms. The second-order valence-electron chi connectivity index (χ2n) is 8.34. The van der Waals surface area contributed by atoms with Crippen LogP contribution in [0.2, 0.25) is 0 Å². The molecule has 2 aromatic carbocycles. The van der Waals surface area contributed by atoms with Crippen LogP contribution in [-0.4, -0.2) is 49.6 Å². The van der Waals surface area contributed by atoms with Crippen molar-refractivity contribution in [2.45, 2.75) is 31.7 Å². The number of nitrogens with zero attached hydrogens (tertiary/aromatic N) is 2. The summed E-state index contributed by atoms with van der Waals surface area (Å²) < 4.78 is 13.5. The van der Waals surface area contributed by atoms with Crippen LogP contribution in [0.3, 0.4) is 0 Å². The molecule has 2 saturated heterocycles. The first-order chi connectivity index (χ1) is 14.2. The minimum absolute atomic E-state index is 0.106. The van der Waals surface area contributed by atoms with Crippen molar-refractivity contribution in [1.82, 2.24) is 10.2 Å².